The molecule has 7 heteroatoms. The van der Waals surface area contributed by atoms with E-state index in [1.54, 1.807) is 30.6 Å². The molecule has 136 valence electrons. The molecule has 0 radical (unpaired) electrons. The number of nitrogens with one attached hydrogen (secondary N) is 1. The zero-order valence-corrected chi connectivity index (χ0v) is 14.7. The second kappa shape index (κ2) is 7.56. The molecule has 6 nitrogen and oxygen atoms in total. The summed E-state index contributed by atoms with van der Waals surface area (Å²) in [5.41, 5.74) is 2.19. The van der Waals surface area contributed by atoms with E-state index in [0.717, 1.165) is 37.6 Å². The normalized spacial score (nSPS) is 16.1. The molecule has 0 saturated carbocycles. The van der Waals surface area contributed by atoms with Crippen LogP contribution in [-0.4, -0.2) is 46.3 Å². The molecule has 4 rings (SSSR count). The Morgan fingerprint density at radius 2 is 1.96 bits per heavy atom. The van der Waals surface area contributed by atoms with E-state index >= 15 is 0 Å². The molecule has 1 saturated heterocycles. The summed E-state index contributed by atoms with van der Waals surface area (Å²) >= 11 is 0. The minimum atomic E-state index is -0.213. The van der Waals surface area contributed by atoms with Gasteiger partial charge in [-0.15, -0.1) is 0 Å². The van der Waals surface area contributed by atoms with Crippen molar-refractivity contribution >= 4 is 5.82 Å². The molecule has 1 fully saturated rings. The Labute approximate surface area is 156 Å². The van der Waals surface area contributed by atoms with Gasteiger partial charge in [0.25, 0.3) is 0 Å². The summed E-state index contributed by atoms with van der Waals surface area (Å²) in [6, 6.07) is 12.4. The summed E-state index contributed by atoms with van der Waals surface area (Å²) in [7, 11) is 0. The van der Waals surface area contributed by atoms with Crippen LogP contribution in [0.15, 0.2) is 55.0 Å². The molecule has 1 aliphatic rings. The molecule has 1 aromatic carbocycles. The van der Waals surface area contributed by atoms with Gasteiger partial charge in [-0.05, 0) is 18.2 Å². The van der Waals surface area contributed by atoms with Crippen molar-refractivity contribution < 1.29 is 4.39 Å². The van der Waals surface area contributed by atoms with Crippen molar-refractivity contribution in [3.63, 3.8) is 0 Å². The number of aromatic amines is 1. The molecule has 0 spiro atoms. The fraction of sp³-hybridized carbons (Fsp3) is 0.250. The third-order valence-corrected chi connectivity index (χ3v) is 4.91. The first-order chi connectivity index (χ1) is 13.3. The van der Waals surface area contributed by atoms with Crippen molar-refractivity contribution in [2.24, 2.45) is 0 Å². The van der Waals surface area contributed by atoms with Crippen molar-refractivity contribution in [2.75, 3.05) is 31.1 Å². The van der Waals surface area contributed by atoms with E-state index in [9.17, 15) is 4.39 Å². The van der Waals surface area contributed by atoms with Crippen molar-refractivity contribution in [1.29, 1.82) is 5.26 Å². The number of rotatable bonds is 4. The Morgan fingerprint density at radius 1 is 1.15 bits per heavy atom. The van der Waals surface area contributed by atoms with Crippen LogP contribution in [0.25, 0.3) is 0 Å². The van der Waals surface area contributed by atoms with Gasteiger partial charge in [-0.25, -0.2) is 9.37 Å². The maximum Gasteiger partial charge on any atom is 0.129 e. The van der Waals surface area contributed by atoms with E-state index in [4.69, 9.17) is 5.26 Å². The number of H-pyrrole nitrogens is 1. The predicted molar refractivity (Wildman–Crippen MR) is 99.6 cm³/mol. The van der Waals surface area contributed by atoms with E-state index in [1.165, 1.54) is 6.07 Å². The van der Waals surface area contributed by atoms with Gasteiger partial charge in [0.1, 0.15) is 11.6 Å². The first-order valence-electron chi connectivity index (χ1n) is 8.84. The number of aromatic nitrogens is 3. The quantitative estimate of drug-likeness (QED) is 0.773. The Bertz CT molecular complexity index is 941. The van der Waals surface area contributed by atoms with Crippen LogP contribution in [0.2, 0.25) is 0 Å². The van der Waals surface area contributed by atoms with Crippen molar-refractivity contribution in [3.05, 3.63) is 77.5 Å². The van der Waals surface area contributed by atoms with E-state index in [1.807, 2.05) is 18.3 Å². The van der Waals surface area contributed by atoms with Crippen LogP contribution in [0.4, 0.5) is 10.2 Å². The first-order valence-corrected chi connectivity index (χ1v) is 8.84. The van der Waals surface area contributed by atoms with Gasteiger partial charge in [-0.3, -0.25) is 10.00 Å². The van der Waals surface area contributed by atoms with Crippen molar-refractivity contribution in [1.82, 2.24) is 20.1 Å². The minimum absolute atomic E-state index is 0.189. The van der Waals surface area contributed by atoms with Gasteiger partial charge in [0.05, 0.1) is 23.9 Å². The molecule has 3 heterocycles. The van der Waals surface area contributed by atoms with Gasteiger partial charge in [0.15, 0.2) is 0 Å². The van der Waals surface area contributed by atoms with Gasteiger partial charge >= 0.3 is 0 Å². The topological polar surface area (TPSA) is 71.8 Å². The number of nitrogens with zero attached hydrogens (tertiary/aromatic N) is 5. The number of anilines is 1. The van der Waals surface area contributed by atoms with Crippen molar-refractivity contribution in [3.8, 4) is 6.07 Å². The summed E-state index contributed by atoms with van der Waals surface area (Å²) in [5, 5.41) is 16.0. The number of hydrogen-bond acceptors (Lipinski definition) is 5. The Morgan fingerprint density at radius 3 is 2.67 bits per heavy atom. The maximum atomic E-state index is 14.5. The summed E-state index contributed by atoms with van der Waals surface area (Å²) in [6.45, 7) is 3.01. The smallest absolute Gasteiger partial charge is 0.129 e. The highest BCUT2D eigenvalue weighted by molar-refractivity contribution is 5.45. The summed E-state index contributed by atoms with van der Waals surface area (Å²) in [4.78, 5) is 8.80. The molecule has 3 aromatic rings. The lowest BCUT2D eigenvalue weighted by atomic mass is 9.98. The van der Waals surface area contributed by atoms with E-state index in [2.05, 4.69) is 31.1 Å². The lowest BCUT2D eigenvalue weighted by molar-refractivity contribution is 0.208. The highest BCUT2D eigenvalue weighted by Gasteiger charge is 2.29. The standard InChI is InChI=1S/C20H19FN6/c21-18-4-2-1-3-17(18)20(16-13-24-25-14-16)27-9-7-26(8-10-27)19-11-15(12-22)5-6-23-19/h1-6,11,13-14,20H,7-10H2,(H,24,25). The number of benzene rings is 1. The van der Waals surface area contributed by atoms with Crippen LogP contribution < -0.4 is 4.90 Å². The zero-order valence-electron chi connectivity index (χ0n) is 14.7. The average molecular weight is 362 g/mol. The van der Waals surface area contributed by atoms with Gasteiger partial charge < -0.3 is 4.90 Å². The molecule has 1 unspecified atom stereocenters. The molecule has 1 N–H and O–H groups in total. The van der Waals surface area contributed by atoms with Crippen LogP contribution in [-0.2, 0) is 0 Å². The number of piperazine rings is 1. The third kappa shape index (κ3) is 3.52. The molecule has 0 bridgehead atoms. The predicted octanol–water partition coefficient (Wildman–Crippen LogP) is 2.73. The fourth-order valence-electron chi connectivity index (χ4n) is 3.56. The van der Waals surface area contributed by atoms with Crippen LogP contribution in [0, 0.1) is 17.1 Å². The van der Waals surface area contributed by atoms with Gasteiger partial charge in [0, 0.05) is 49.7 Å². The average Bonchev–Trinajstić information content (AvgIpc) is 3.24. The SMILES string of the molecule is N#Cc1ccnc(N2CCN(C(c3cn[nH]c3)c3ccccc3F)CC2)c1. The first kappa shape index (κ1) is 17.2. The van der Waals surface area contributed by atoms with Crippen LogP contribution in [0.1, 0.15) is 22.7 Å². The fourth-order valence-corrected chi connectivity index (χ4v) is 3.56. The Balaban J connectivity index is 1.56. The zero-order chi connectivity index (χ0) is 18.6. The highest BCUT2D eigenvalue weighted by atomic mass is 19.1. The molecule has 1 atom stereocenters. The molecular formula is C20H19FN6. The third-order valence-electron chi connectivity index (χ3n) is 4.91. The number of halogens is 1. The molecule has 0 amide bonds. The Hall–Kier alpha value is -3.24. The molecule has 27 heavy (non-hydrogen) atoms. The molecule has 1 aliphatic heterocycles. The lowest BCUT2D eigenvalue weighted by Gasteiger charge is -2.39. The largest absolute Gasteiger partial charge is 0.354 e. The summed E-state index contributed by atoms with van der Waals surface area (Å²) < 4.78 is 14.5. The van der Waals surface area contributed by atoms with Gasteiger partial charge in [-0.2, -0.15) is 10.4 Å². The number of pyridine rings is 1. The minimum Gasteiger partial charge on any atom is -0.354 e. The maximum absolute atomic E-state index is 14.5. The van der Waals surface area contributed by atoms with Crippen LogP contribution >= 0.6 is 0 Å². The van der Waals surface area contributed by atoms with E-state index < -0.39 is 0 Å². The van der Waals surface area contributed by atoms with Crippen molar-refractivity contribution in [2.45, 2.75) is 6.04 Å². The molecule has 0 aliphatic carbocycles. The molecule has 2 aromatic heterocycles. The second-order valence-corrected chi connectivity index (χ2v) is 6.49. The van der Waals surface area contributed by atoms with Crippen LogP contribution in [0.3, 0.4) is 0 Å². The number of hydrogen-bond donors (Lipinski definition) is 1. The van der Waals surface area contributed by atoms with E-state index in [0.29, 0.717) is 11.1 Å². The monoisotopic (exact) mass is 362 g/mol. The highest BCUT2D eigenvalue weighted by Crippen LogP contribution is 2.31. The second-order valence-electron chi connectivity index (χ2n) is 6.49. The van der Waals surface area contributed by atoms with Crippen LogP contribution in [0.5, 0.6) is 0 Å². The van der Waals surface area contributed by atoms with Gasteiger partial charge in [0.2, 0.25) is 0 Å². The van der Waals surface area contributed by atoms with Gasteiger partial charge in [-0.1, -0.05) is 18.2 Å². The summed E-state index contributed by atoms with van der Waals surface area (Å²) in [5.74, 6) is 0.592. The van der Waals surface area contributed by atoms with E-state index in [-0.39, 0.29) is 11.9 Å². The summed E-state index contributed by atoms with van der Waals surface area (Å²) in [6.07, 6.45) is 5.23. The molecular weight excluding hydrogens is 343 g/mol. The number of nitriles is 1. The lowest BCUT2D eigenvalue weighted by Crippen LogP contribution is -2.48. The Kier molecular flexibility index (Phi) is 4.81.